The summed E-state index contributed by atoms with van der Waals surface area (Å²) in [4.78, 5) is 19.1. The lowest BCUT2D eigenvalue weighted by Gasteiger charge is -2.23. The zero-order chi connectivity index (χ0) is 18.4. The fourth-order valence-electron chi connectivity index (χ4n) is 3.66. The van der Waals surface area contributed by atoms with Crippen LogP contribution in [0.4, 0.5) is 5.95 Å². The molecule has 2 aliphatic rings. The van der Waals surface area contributed by atoms with Crippen LogP contribution in [0.1, 0.15) is 19.4 Å². The van der Waals surface area contributed by atoms with E-state index in [1.807, 2.05) is 19.9 Å². The summed E-state index contributed by atoms with van der Waals surface area (Å²) in [6.45, 7) is 5.38. The average molecular weight is 383 g/mol. The molecule has 2 saturated heterocycles. The molecule has 0 aliphatic carbocycles. The third kappa shape index (κ3) is 3.28. The number of anilines is 1. The zero-order valence-electron chi connectivity index (χ0n) is 15.3. The Kier molecular flexibility index (Phi) is 4.07. The summed E-state index contributed by atoms with van der Waals surface area (Å²) in [5.74, 6) is 1.02. The van der Waals surface area contributed by atoms with Gasteiger partial charge in [0.15, 0.2) is 11.4 Å². The molecule has 1 N–H and O–H groups in total. The van der Waals surface area contributed by atoms with Gasteiger partial charge in [0.05, 0.1) is 6.33 Å². The van der Waals surface area contributed by atoms with Crippen LogP contribution in [0.25, 0.3) is 11.2 Å². The number of thioether (sulfide) groups is 1. The standard InChI is InChI=1S/C19H21N5O2S/c1-19(2)25-13-8-24(9-14(13)26-19)18-22-16-15(20-11-21-16)17(23-18)27-10-12-6-4-3-5-7-12/h3-7,11,13-14H,8-10H2,1-2H3,(H,20,21,22,23)/t13-,14+. The minimum Gasteiger partial charge on any atom is -0.343 e. The highest BCUT2D eigenvalue weighted by Crippen LogP contribution is 2.35. The molecule has 1 aromatic carbocycles. The van der Waals surface area contributed by atoms with E-state index < -0.39 is 5.79 Å². The molecule has 0 bridgehead atoms. The van der Waals surface area contributed by atoms with Crippen LogP contribution >= 0.6 is 11.8 Å². The summed E-state index contributed by atoms with van der Waals surface area (Å²) in [6.07, 6.45) is 1.78. The number of imidazole rings is 1. The number of aromatic amines is 1. The lowest BCUT2D eigenvalue weighted by Crippen LogP contribution is -2.31. The van der Waals surface area contributed by atoms with E-state index in [9.17, 15) is 0 Å². The predicted octanol–water partition coefficient (Wildman–Crippen LogP) is 2.99. The Morgan fingerprint density at radius 3 is 2.63 bits per heavy atom. The largest absolute Gasteiger partial charge is 0.343 e. The molecule has 5 rings (SSSR count). The first-order valence-electron chi connectivity index (χ1n) is 9.06. The van der Waals surface area contributed by atoms with Gasteiger partial charge >= 0.3 is 0 Å². The first-order chi connectivity index (χ1) is 13.1. The van der Waals surface area contributed by atoms with Gasteiger partial charge in [-0.2, -0.15) is 4.98 Å². The molecule has 8 heteroatoms. The predicted molar refractivity (Wildman–Crippen MR) is 104 cm³/mol. The molecular weight excluding hydrogens is 362 g/mol. The van der Waals surface area contributed by atoms with Crippen LogP contribution in [-0.2, 0) is 15.2 Å². The molecule has 2 fully saturated rings. The van der Waals surface area contributed by atoms with Crippen molar-refractivity contribution in [1.29, 1.82) is 0 Å². The van der Waals surface area contributed by atoms with E-state index in [1.54, 1.807) is 18.1 Å². The number of hydrogen-bond acceptors (Lipinski definition) is 7. The minimum atomic E-state index is -0.509. The van der Waals surface area contributed by atoms with Crippen LogP contribution in [0.5, 0.6) is 0 Å². The van der Waals surface area contributed by atoms with Crippen molar-refractivity contribution in [3.05, 3.63) is 42.2 Å². The normalized spacial score (nSPS) is 23.9. The highest BCUT2D eigenvalue weighted by Gasteiger charge is 2.47. The van der Waals surface area contributed by atoms with Gasteiger partial charge < -0.3 is 19.4 Å². The van der Waals surface area contributed by atoms with Gasteiger partial charge in [0, 0.05) is 18.8 Å². The monoisotopic (exact) mass is 383 g/mol. The van der Waals surface area contributed by atoms with Crippen LogP contribution < -0.4 is 4.90 Å². The Bertz CT molecular complexity index is 945. The molecule has 0 unspecified atom stereocenters. The highest BCUT2D eigenvalue weighted by atomic mass is 32.2. The smallest absolute Gasteiger partial charge is 0.228 e. The Hall–Kier alpha value is -2.16. The molecule has 140 valence electrons. The minimum absolute atomic E-state index is 0.0545. The highest BCUT2D eigenvalue weighted by molar-refractivity contribution is 7.98. The topological polar surface area (TPSA) is 76.2 Å². The summed E-state index contributed by atoms with van der Waals surface area (Å²) in [7, 11) is 0. The van der Waals surface area contributed by atoms with E-state index in [0.717, 1.165) is 29.4 Å². The van der Waals surface area contributed by atoms with E-state index in [2.05, 4.69) is 44.1 Å². The second kappa shape index (κ2) is 6.47. The Morgan fingerprint density at radius 1 is 1.15 bits per heavy atom. The summed E-state index contributed by atoms with van der Waals surface area (Å²) in [5, 5.41) is 0.913. The lowest BCUT2D eigenvalue weighted by atomic mass is 10.2. The second-order valence-electron chi connectivity index (χ2n) is 7.32. The lowest BCUT2D eigenvalue weighted by molar-refractivity contribution is -0.147. The molecule has 4 heterocycles. The molecule has 0 spiro atoms. The average Bonchev–Trinajstić information content (AvgIpc) is 3.32. The Labute approximate surface area is 161 Å². The molecule has 3 aromatic rings. The third-order valence-electron chi connectivity index (χ3n) is 4.83. The molecular formula is C19H21N5O2S. The van der Waals surface area contributed by atoms with E-state index in [-0.39, 0.29) is 12.2 Å². The molecule has 0 saturated carbocycles. The van der Waals surface area contributed by atoms with Crippen molar-refractivity contribution in [1.82, 2.24) is 19.9 Å². The number of nitrogens with zero attached hydrogens (tertiary/aromatic N) is 4. The summed E-state index contributed by atoms with van der Waals surface area (Å²) in [5.41, 5.74) is 2.83. The van der Waals surface area contributed by atoms with Crippen molar-refractivity contribution in [2.75, 3.05) is 18.0 Å². The molecule has 27 heavy (non-hydrogen) atoms. The van der Waals surface area contributed by atoms with E-state index in [1.165, 1.54) is 5.56 Å². The third-order valence-corrected chi connectivity index (χ3v) is 5.87. The maximum Gasteiger partial charge on any atom is 0.228 e. The number of benzene rings is 1. The quantitative estimate of drug-likeness (QED) is 0.548. The van der Waals surface area contributed by atoms with Crippen LogP contribution in [-0.4, -0.2) is 51.0 Å². The zero-order valence-corrected chi connectivity index (χ0v) is 16.1. The molecule has 2 atom stereocenters. The van der Waals surface area contributed by atoms with Gasteiger partial charge in [0.2, 0.25) is 5.95 Å². The first-order valence-corrected chi connectivity index (χ1v) is 10.0. The van der Waals surface area contributed by atoms with Gasteiger partial charge in [-0.1, -0.05) is 42.1 Å². The van der Waals surface area contributed by atoms with Gasteiger partial charge in [0.25, 0.3) is 0 Å². The maximum atomic E-state index is 5.99. The first kappa shape index (κ1) is 17.0. The van der Waals surface area contributed by atoms with Crippen LogP contribution in [0.2, 0.25) is 0 Å². The van der Waals surface area contributed by atoms with Crippen LogP contribution in [0.15, 0.2) is 41.7 Å². The van der Waals surface area contributed by atoms with Gasteiger partial charge in [-0.25, -0.2) is 9.97 Å². The number of fused-ring (bicyclic) bond motifs is 2. The summed E-state index contributed by atoms with van der Waals surface area (Å²) < 4.78 is 12.0. The fraction of sp³-hybridized carbons (Fsp3) is 0.421. The van der Waals surface area contributed by atoms with Crippen molar-refractivity contribution in [3.63, 3.8) is 0 Å². The number of hydrogen-bond donors (Lipinski definition) is 1. The number of rotatable bonds is 4. The van der Waals surface area contributed by atoms with Crippen LogP contribution in [0, 0.1) is 0 Å². The number of aromatic nitrogens is 4. The second-order valence-corrected chi connectivity index (χ2v) is 8.29. The van der Waals surface area contributed by atoms with Crippen molar-refractivity contribution >= 4 is 28.9 Å². The maximum absolute atomic E-state index is 5.99. The summed E-state index contributed by atoms with van der Waals surface area (Å²) >= 11 is 1.69. The van der Waals surface area contributed by atoms with Gasteiger partial charge in [-0.3, -0.25) is 0 Å². The number of H-pyrrole nitrogens is 1. The number of ether oxygens (including phenoxy) is 2. The van der Waals surface area contributed by atoms with Crippen molar-refractivity contribution < 1.29 is 9.47 Å². The van der Waals surface area contributed by atoms with E-state index in [4.69, 9.17) is 14.5 Å². The number of nitrogens with one attached hydrogen (secondary N) is 1. The van der Waals surface area contributed by atoms with Crippen molar-refractivity contribution in [2.24, 2.45) is 0 Å². The van der Waals surface area contributed by atoms with Gasteiger partial charge in [0.1, 0.15) is 22.8 Å². The SMILES string of the molecule is CC1(C)O[C@H]2CN(c3nc(SCc4ccccc4)c4[nH]cnc4n3)C[C@H]2O1. The molecule has 2 aliphatic heterocycles. The van der Waals surface area contributed by atoms with Gasteiger partial charge in [-0.15, -0.1) is 0 Å². The van der Waals surface area contributed by atoms with Crippen molar-refractivity contribution in [2.45, 2.75) is 42.6 Å². The van der Waals surface area contributed by atoms with Crippen molar-refractivity contribution in [3.8, 4) is 0 Å². The Balaban J connectivity index is 1.39. The molecule has 0 amide bonds. The van der Waals surface area contributed by atoms with Gasteiger partial charge in [-0.05, 0) is 19.4 Å². The Morgan fingerprint density at radius 2 is 1.89 bits per heavy atom. The molecule has 0 radical (unpaired) electrons. The fourth-order valence-corrected chi connectivity index (χ4v) is 4.59. The van der Waals surface area contributed by atoms with E-state index in [0.29, 0.717) is 11.6 Å². The molecule has 2 aromatic heterocycles. The van der Waals surface area contributed by atoms with Crippen LogP contribution in [0.3, 0.4) is 0 Å². The van der Waals surface area contributed by atoms with E-state index >= 15 is 0 Å². The summed E-state index contributed by atoms with van der Waals surface area (Å²) in [6, 6.07) is 10.4. The molecule has 7 nitrogen and oxygen atoms in total.